The standard InChI is InChI=1S/C14H20N4O2/c1-9-7-12(20-17-9)8-18(4)14(19)6-5-13-10(2)11(3)15-16-13/h7H,5-6,8H2,1-4H3,(H,15,16). The molecule has 6 nitrogen and oxygen atoms in total. The predicted octanol–water partition coefficient (Wildman–Crippen LogP) is 1.91. The molecular formula is C14H20N4O2. The van der Waals surface area contributed by atoms with Gasteiger partial charge in [0.15, 0.2) is 5.76 Å². The molecule has 0 spiro atoms. The van der Waals surface area contributed by atoms with Crippen LogP contribution in [-0.2, 0) is 17.8 Å². The Morgan fingerprint density at radius 1 is 1.40 bits per heavy atom. The van der Waals surface area contributed by atoms with Crippen LogP contribution in [0.1, 0.15) is 34.8 Å². The van der Waals surface area contributed by atoms with Gasteiger partial charge in [-0.05, 0) is 26.3 Å². The molecule has 0 fully saturated rings. The Balaban J connectivity index is 1.86. The number of hydrogen-bond donors (Lipinski definition) is 1. The summed E-state index contributed by atoms with van der Waals surface area (Å²) >= 11 is 0. The summed E-state index contributed by atoms with van der Waals surface area (Å²) < 4.78 is 5.11. The lowest BCUT2D eigenvalue weighted by molar-refractivity contribution is -0.130. The first-order valence-electron chi connectivity index (χ1n) is 6.64. The maximum absolute atomic E-state index is 12.1. The van der Waals surface area contributed by atoms with Gasteiger partial charge in [0.05, 0.1) is 17.9 Å². The molecule has 108 valence electrons. The van der Waals surface area contributed by atoms with Crippen molar-refractivity contribution in [1.82, 2.24) is 20.3 Å². The van der Waals surface area contributed by atoms with Crippen LogP contribution >= 0.6 is 0 Å². The summed E-state index contributed by atoms with van der Waals surface area (Å²) in [5, 5.41) is 11.0. The highest BCUT2D eigenvalue weighted by atomic mass is 16.5. The smallest absolute Gasteiger partial charge is 0.223 e. The van der Waals surface area contributed by atoms with Crippen LogP contribution in [0, 0.1) is 20.8 Å². The number of H-pyrrole nitrogens is 1. The van der Waals surface area contributed by atoms with Crippen LogP contribution in [0.3, 0.4) is 0 Å². The molecule has 0 aromatic carbocycles. The first-order valence-corrected chi connectivity index (χ1v) is 6.64. The summed E-state index contributed by atoms with van der Waals surface area (Å²) in [6.45, 7) is 6.29. The fourth-order valence-corrected chi connectivity index (χ4v) is 2.01. The minimum atomic E-state index is 0.0686. The van der Waals surface area contributed by atoms with Crippen molar-refractivity contribution in [1.29, 1.82) is 0 Å². The molecule has 0 aliphatic carbocycles. The Hall–Kier alpha value is -2.11. The zero-order valence-corrected chi connectivity index (χ0v) is 12.4. The van der Waals surface area contributed by atoms with Crippen LogP contribution < -0.4 is 0 Å². The molecule has 0 unspecified atom stereocenters. The van der Waals surface area contributed by atoms with E-state index >= 15 is 0 Å². The molecule has 0 aliphatic heterocycles. The number of aromatic nitrogens is 3. The Labute approximate surface area is 118 Å². The third-order valence-electron chi connectivity index (χ3n) is 3.43. The summed E-state index contributed by atoms with van der Waals surface area (Å²) in [5.74, 6) is 0.768. The van der Waals surface area contributed by atoms with Crippen LogP contribution in [0.25, 0.3) is 0 Å². The molecule has 0 aliphatic rings. The van der Waals surface area contributed by atoms with Gasteiger partial charge in [-0.2, -0.15) is 5.10 Å². The Bertz CT molecular complexity index is 600. The summed E-state index contributed by atoms with van der Waals surface area (Å²) in [7, 11) is 1.77. The molecule has 6 heteroatoms. The number of carbonyl (C=O) groups is 1. The molecule has 2 aromatic heterocycles. The van der Waals surface area contributed by atoms with E-state index in [1.807, 2.05) is 26.8 Å². The van der Waals surface area contributed by atoms with Gasteiger partial charge in [-0.15, -0.1) is 0 Å². The molecule has 2 aromatic rings. The number of rotatable bonds is 5. The van der Waals surface area contributed by atoms with Gasteiger partial charge in [-0.3, -0.25) is 9.89 Å². The number of aromatic amines is 1. The van der Waals surface area contributed by atoms with Crippen LogP contribution in [0.15, 0.2) is 10.6 Å². The second kappa shape index (κ2) is 5.90. The van der Waals surface area contributed by atoms with Gasteiger partial charge in [0, 0.05) is 31.6 Å². The van der Waals surface area contributed by atoms with Crippen LogP contribution in [0.2, 0.25) is 0 Å². The molecule has 2 rings (SSSR count). The summed E-state index contributed by atoms with van der Waals surface area (Å²) in [6.07, 6.45) is 1.09. The number of hydrogen-bond acceptors (Lipinski definition) is 4. The zero-order valence-electron chi connectivity index (χ0n) is 12.4. The molecular weight excluding hydrogens is 256 g/mol. The fourth-order valence-electron chi connectivity index (χ4n) is 2.01. The maximum atomic E-state index is 12.1. The van der Waals surface area contributed by atoms with Gasteiger partial charge in [0.1, 0.15) is 0 Å². The highest BCUT2D eigenvalue weighted by Gasteiger charge is 2.14. The monoisotopic (exact) mass is 276 g/mol. The van der Waals surface area contributed by atoms with Crippen molar-refractivity contribution in [3.63, 3.8) is 0 Å². The maximum Gasteiger partial charge on any atom is 0.223 e. The minimum Gasteiger partial charge on any atom is -0.359 e. The summed E-state index contributed by atoms with van der Waals surface area (Å²) in [6, 6.07) is 1.84. The van der Waals surface area contributed by atoms with Crippen molar-refractivity contribution in [2.75, 3.05) is 7.05 Å². The van der Waals surface area contributed by atoms with E-state index in [0.29, 0.717) is 25.1 Å². The number of nitrogens with zero attached hydrogens (tertiary/aromatic N) is 3. The minimum absolute atomic E-state index is 0.0686. The SMILES string of the molecule is Cc1cc(CN(C)C(=O)CCc2n[nH]c(C)c2C)on1. The molecule has 0 saturated carbocycles. The summed E-state index contributed by atoms with van der Waals surface area (Å²) in [4.78, 5) is 13.7. The van der Waals surface area contributed by atoms with E-state index in [4.69, 9.17) is 4.52 Å². The van der Waals surface area contributed by atoms with E-state index in [2.05, 4.69) is 15.4 Å². The molecule has 0 bridgehead atoms. The lowest BCUT2D eigenvalue weighted by atomic mass is 10.1. The number of nitrogens with one attached hydrogen (secondary N) is 1. The quantitative estimate of drug-likeness (QED) is 0.905. The highest BCUT2D eigenvalue weighted by molar-refractivity contribution is 5.76. The van der Waals surface area contributed by atoms with Gasteiger partial charge in [0.25, 0.3) is 0 Å². The number of aryl methyl sites for hydroxylation is 3. The average molecular weight is 276 g/mol. The van der Waals surface area contributed by atoms with Gasteiger partial charge in [-0.25, -0.2) is 0 Å². The van der Waals surface area contributed by atoms with Gasteiger partial charge < -0.3 is 9.42 Å². The van der Waals surface area contributed by atoms with Crippen molar-refractivity contribution in [3.05, 3.63) is 34.5 Å². The van der Waals surface area contributed by atoms with Crippen molar-refractivity contribution in [2.24, 2.45) is 0 Å². The first-order chi connectivity index (χ1) is 9.47. The Morgan fingerprint density at radius 2 is 2.15 bits per heavy atom. The molecule has 20 heavy (non-hydrogen) atoms. The van der Waals surface area contributed by atoms with Gasteiger partial charge >= 0.3 is 0 Å². The molecule has 0 saturated heterocycles. The fraction of sp³-hybridized carbons (Fsp3) is 0.500. The number of amides is 1. The van der Waals surface area contributed by atoms with E-state index in [1.54, 1.807) is 11.9 Å². The Kier molecular flexibility index (Phi) is 4.22. The zero-order chi connectivity index (χ0) is 14.7. The second-order valence-electron chi connectivity index (χ2n) is 5.10. The molecule has 0 radical (unpaired) electrons. The normalized spacial score (nSPS) is 10.8. The lowest BCUT2D eigenvalue weighted by Crippen LogP contribution is -2.26. The highest BCUT2D eigenvalue weighted by Crippen LogP contribution is 2.12. The lowest BCUT2D eigenvalue weighted by Gasteiger charge is -2.14. The van der Waals surface area contributed by atoms with E-state index in [1.165, 1.54) is 0 Å². The van der Waals surface area contributed by atoms with Crippen LogP contribution in [0.5, 0.6) is 0 Å². The van der Waals surface area contributed by atoms with E-state index in [9.17, 15) is 4.79 Å². The van der Waals surface area contributed by atoms with Crippen molar-refractivity contribution < 1.29 is 9.32 Å². The van der Waals surface area contributed by atoms with Crippen molar-refractivity contribution in [3.8, 4) is 0 Å². The molecule has 1 N–H and O–H groups in total. The summed E-state index contributed by atoms with van der Waals surface area (Å²) in [5.41, 5.74) is 3.97. The van der Waals surface area contributed by atoms with E-state index < -0.39 is 0 Å². The first kappa shape index (κ1) is 14.3. The Morgan fingerprint density at radius 3 is 2.70 bits per heavy atom. The third-order valence-corrected chi connectivity index (χ3v) is 3.43. The third kappa shape index (κ3) is 3.26. The second-order valence-corrected chi connectivity index (χ2v) is 5.10. The molecule has 0 atom stereocenters. The van der Waals surface area contributed by atoms with E-state index in [-0.39, 0.29) is 5.91 Å². The largest absolute Gasteiger partial charge is 0.359 e. The average Bonchev–Trinajstić information content (AvgIpc) is 2.95. The topological polar surface area (TPSA) is 75.0 Å². The van der Waals surface area contributed by atoms with Crippen LogP contribution in [-0.4, -0.2) is 33.2 Å². The molecule has 1 amide bonds. The number of carbonyl (C=O) groups excluding carboxylic acids is 1. The van der Waals surface area contributed by atoms with E-state index in [0.717, 1.165) is 22.6 Å². The predicted molar refractivity (Wildman–Crippen MR) is 74.1 cm³/mol. The van der Waals surface area contributed by atoms with Crippen molar-refractivity contribution >= 4 is 5.91 Å². The molecule has 2 heterocycles. The van der Waals surface area contributed by atoms with Crippen LogP contribution in [0.4, 0.5) is 0 Å². The van der Waals surface area contributed by atoms with Gasteiger partial charge in [0.2, 0.25) is 5.91 Å². The van der Waals surface area contributed by atoms with Crippen molar-refractivity contribution in [2.45, 2.75) is 40.2 Å². The van der Waals surface area contributed by atoms with Gasteiger partial charge in [-0.1, -0.05) is 5.16 Å².